The van der Waals surface area contributed by atoms with Crippen LogP contribution in [0.25, 0.3) is 10.8 Å². The number of hydrogen-bond acceptors (Lipinski definition) is 3. The predicted octanol–water partition coefficient (Wildman–Crippen LogP) is 3.40. The highest BCUT2D eigenvalue weighted by atomic mass is 32.2. The molecule has 4 rings (SSSR count). The summed E-state index contributed by atoms with van der Waals surface area (Å²) in [6.07, 6.45) is 3.46. The Labute approximate surface area is 149 Å². The van der Waals surface area contributed by atoms with Crippen LogP contribution >= 0.6 is 0 Å². The summed E-state index contributed by atoms with van der Waals surface area (Å²) in [6, 6.07) is 13.0. The third kappa shape index (κ3) is 2.69. The molecule has 0 aromatic heterocycles. The van der Waals surface area contributed by atoms with E-state index in [1.54, 1.807) is 16.4 Å². The molecule has 1 N–H and O–H groups in total. The van der Waals surface area contributed by atoms with Crippen LogP contribution in [0.2, 0.25) is 0 Å². The Morgan fingerprint density at radius 2 is 1.92 bits per heavy atom. The molecule has 25 heavy (non-hydrogen) atoms. The van der Waals surface area contributed by atoms with Gasteiger partial charge in [-0.25, -0.2) is 8.42 Å². The average molecular weight is 359 g/mol. The highest BCUT2D eigenvalue weighted by Gasteiger charge is 2.50. The van der Waals surface area contributed by atoms with Crippen molar-refractivity contribution in [3.8, 4) is 0 Å². The first-order valence-electron chi connectivity index (χ1n) is 9.16. The van der Waals surface area contributed by atoms with Gasteiger partial charge >= 0.3 is 0 Å². The summed E-state index contributed by atoms with van der Waals surface area (Å²) in [6.45, 7) is 2.96. The number of rotatable bonds is 3. The molecule has 1 aliphatic heterocycles. The fourth-order valence-corrected chi connectivity index (χ4v) is 6.52. The van der Waals surface area contributed by atoms with Gasteiger partial charge in [0, 0.05) is 24.4 Å². The van der Waals surface area contributed by atoms with Gasteiger partial charge in [-0.05, 0) is 36.6 Å². The predicted molar refractivity (Wildman–Crippen MR) is 98.8 cm³/mol. The van der Waals surface area contributed by atoms with E-state index >= 15 is 0 Å². The summed E-state index contributed by atoms with van der Waals surface area (Å²) < 4.78 is 28.3. The molecule has 0 bridgehead atoms. The van der Waals surface area contributed by atoms with Gasteiger partial charge in [0.15, 0.2) is 0 Å². The maximum atomic E-state index is 13.3. The number of nitrogens with zero attached hydrogens (tertiary/aromatic N) is 1. The van der Waals surface area contributed by atoms with Crippen LogP contribution in [0.4, 0.5) is 0 Å². The number of sulfonamides is 1. The molecule has 1 aliphatic carbocycles. The van der Waals surface area contributed by atoms with E-state index in [1.165, 1.54) is 0 Å². The summed E-state index contributed by atoms with van der Waals surface area (Å²) in [5, 5.41) is 12.7. The standard InChI is InChI=1S/C20H25NO3S/c1-2-20(22)12-6-9-16-13-21(14-18(16)20)25(23,24)19-11-5-8-15-7-3-4-10-17(15)19/h3-5,7-8,10-11,16,18,22H,2,6,9,12-14H2,1H3/t16-,18+,20-/m1/s1. The van der Waals surface area contributed by atoms with Crippen molar-refractivity contribution in [3.05, 3.63) is 42.5 Å². The van der Waals surface area contributed by atoms with Gasteiger partial charge in [-0.3, -0.25) is 0 Å². The first-order chi connectivity index (χ1) is 12.0. The summed E-state index contributed by atoms with van der Waals surface area (Å²) >= 11 is 0. The van der Waals surface area contributed by atoms with E-state index in [4.69, 9.17) is 0 Å². The molecule has 134 valence electrons. The van der Waals surface area contributed by atoms with Crippen LogP contribution in [-0.2, 0) is 10.0 Å². The Hall–Kier alpha value is -1.43. The molecule has 4 nitrogen and oxygen atoms in total. The largest absolute Gasteiger partial charge is 0.390 e. The lowest BCUT2D eigenvalue weighted by molar-refractivity contribution is -0.0605. The minimum atomic E-state index is -3.56. The Bertz CT molecular complexity index is 889. The minimum Gasteiger partial charge on any atom is -0.390 e. The second kappa shape index (κ2) is 6.08. The summed E-state index contributed by atoms with van der Waals surface area (Å²) in [4.78, 5) is 0.379. The van der Waals surface area contributed by atoms with Gasteiger partial charge in [-0.2, -0.15) is 4.31 Å². The van der Waals surface area contributed by atoms with E-state index in [1.807, 2.05) is 37.3 Å². The molecule has 1 saturated heterocycles. The molecule has 2 aromatic carbocycles. The molecule has 5 heteroatoms. The number of fused-ring (bicyclic) bond motifs is 2. The number of hydrogen-bond donors (Lipinski definition) is 1. The molecule has 2 aliphatic rings. The van der Waals surface area contributed by atoms with Gasteiger partial charge < -0.3 is 5.11 Å². The fourth-order valence-electron chi connectivity index (χ4n) is 4.78. The van der Waals surface area contributed by atoms with Gasteiger partial charge in [0.2, 0.25) is 10.0 Å². The third-order valence-electron chi connectivity index (χ3n) is 6.26. The van der Waals surface area contributed by atoms with Crippen LogP contribution in [0.3, 0.4) is 0 Å². The molecule has 1 heterocycles. The Balaban J connectivity index is 1.72. The lowest BCUT2D eigenvalue weighted by Crippen LogP contribution is -2.44. The normalized spacial score (nSPS) is 30.5. The van der Waals surface area contributed by atoms with Crippen molar-refractivity contribution in [1.29, 1.82) is 0 Å². The topological polar surface area (TPSA) is 57.6 Å². The maximum Gasteiger partial charge on any atom is 0.243 e. The van der Waals surface area contributed by atoms with E-state index in [-0.39, 0.29) is 11.8 Å². The second-order valence-corrected chi connectivity index (χ2v) is 9.42. The van der Waals surface area contributed by atoms with Crippen LogP contribution in [0, 0.1) is 11.8 Å². The van der Waals surface area contributed by atoms with Crippen LogP contribution in [-0.4, -0.2) is 36.5 Å². The van der Waals surface area contributed by atoms with E-state index in [0.717, 1.165) is 30.0 Å². The molecule has 2 aromatic rings. The fraction of sp³-hybridized carbons (Fsp3) is 0.500. The van der Waals surface area contributed by atoms with Crippen molar-refractivity contribution in [2.75, 3.05) is 13.1 Å². The molecular formula is C20H25NO3S. The van der Waals surface area contributed by atoms with E-state index in [2.05, 4.69) is 0 Å². The zero-order valence-electron chi connectivity index (χ0n) is 14.6. The van der Waals surface area contributed by atoms with Crippen LogP contribution < -0.4 is 0 Å². The van der Waals surface area contributed by atoms with Crippen molar-refractivity contribution in [2.45, 2.75) is 43.1 Å². The summed E-state index contributed by atoms with van der Waals surface area (Å²) in [5.74, 6) is 0.319. The van der Waals surface area contributed by atoms with Crippen molar-refractivity contribution in [1.82, 2.24) is 4.31 Å². The number of aliphatic hydroxyl groups is 1. The minimum absolute atomic E-state index is 0.0519. The van der Waals surface area contributed by atoms with E-state index in [0.29, 0.717) is 24.4 Å². The molecule has 2 fully saturated rings. The van der Waals surface area contributed by atoms with Crippen LogP contribution in [0.5, 0.6) is 0 Å². The zero-order valence-corrected chi connectivity index (χ0v) is 15.4. The van der Waals surface area contributed by atoms with Gasteiger partial charge in [0.05, 0.1) is 10.5 Å². The zero-order chi connectivity index (χ0) is 17.7. The first kappa shape index (κ1) is 17.0. The smallest absolute Gasteiger partial charge is 0.243 e. The lowest BCUT2D eigenvalue weighted by atomic mass is 9.69. The van der Waals surface area contributed by atoms with E-state index < -0.39 is 15.6 Å². The van der Waals surface area contributed by atoms with Gasteiger partial charge in [0.25, 0.3) is 0 Å². The van der Waals surface area contributed by atoms with Crippen molar-refractivity contribution >= 4 is 20.8 Å². The van der Waals surface area contributed by atoms with E-state index in [9.17, 15) is 13.5 Å². The highest BCUT2D eigenvalue weighted by molar-refractivity contribution is 7.89. The number of benzene rings is 2. The van der Waals surface area contributed by atoms with Crippen LogP contribution in [0.1, 0.15) is 32.6 Å². The average Bonchev–Trinajstić information content (AvgIpc) is 3.08. The summed E-state index contributed by atoms with van der Waals surface area (Å²) in [5.41, 5.74) is -0.716. The maximum absolute atomic E-state index is 13.3. The Morgan fingerprint density at radius 1 is 1.16 bits per heavy atom. The summed E-state index contributed by atoms with van der Waals surface area (Å²) in [7, 11) is -3.56. The highest BCUT2D eigenvalue weighted by Crippen LogP contribution is 2.45. The lowest BCUT2D eigenvalue weighted by Gasteiger charge is -2.40. The molecule has 0 radical (unpaired) electrons. The Morgan fingerprint density at radius 3 is 2.72 bits per heavy atom. The molecule has 0 spiro atoms. The van der Waals surface area contributed by atoms with Gasteiger partial charge in [-0.15, -0.1) is 0 Å². The molecule has 0 amide bonds. The van der Waals surface area contributed by atoms with Crippen molar-refractivity contribution in [3.63, 3.8) is 0 Å². The van der Waals surface area contributed by atoms with Crippen molar-refractivity contribution in [2.24, 2.45) is 11.8 Å². The van der Waals surface area contributed by atoms with Gasteiger partial charge in [0.1, 0.15) is 0 Å². The quantitative estimate of drug-likeness (QED) is 0.914. The monoisotopic (exact) mass is 359 g/mol. The molecule has 1 saturated carbocycles. The van der Waals surface area contributed by atoms with Gasteiger partial charge in [-0.1, -0.05) is 49.7 Å². The van der Waals surface area contributed by atoms with Crippen molar-refractivity contribution < 1.29 is 13.5 Å². The van der Waals surface area contributed by atoms with Crippen LogP contribution in [0.15, 0.2) is 47.4 Å². The SMILES string of the molecule is CC[C@@]1(O)CCC[C@@H]2CN(S(=O)(=O)c3cccc4ccccc34)C[C@@H]21. The third-order valence-corrected chi connectivity index (χ3v) is 8.15. The first-order valence-corrected chi connectivity index (χ1v) is 10.6. The molecule has 3 atom stereocenters. The molecular weight excluding hydrogens is 334 g/mol. The second-order valence-electron chi connectivity index (χ2n) is 7.52. The molecule has 0 unspecified atom stereocenters. The Kier molecular flexibility index (Phi) is 4.13.